The first-order chi connectivity index (χ1) is 15.6. The number of pyridine rings is 1. The SMILES string of the molecule is CC.CC.Cc1ccn2ncc(-c3nccc(NC4CCCN(C(=O)CC#N)C4)n3)c2c1. The molecular weight excluding hydrogens is 402 g/mol. The number of hydrogen-bond donors (Lipinski definition) is 1. The van der Waals surface area contributed by atoms with Crippen LogP contribution in [0.5, 0.6) is 0 Å². The second-order valence-electron chi connectivity index (χ2n) is 7.02. The number of amides is 1. The monoisotopic (exact) mass is 435 g/mol. The van der Waals surface area contributed by atoms with Crippen LogP contribution >= 0.6 is 0 Å². The van der Waals surface area contributed by atoms with Gasteiger partial charge >= 0.3 is 0 Å². The van der Waals surface area contributed by atoms with E-state index in [1.165, 1.54) is 0 Å². The Kier molecular flexibility index (Phi) is 9.61. The minimum Gasteiger partial charge on any atom is -0.365 e. The van der Waals surface area contributed by atoms with Gasteiger partial charge in [-0.15, -0.1) is 0 Å². The molecule has 8 nitrogen and oxygen atoms in total. The summed E-state index contributed by atoms with van der Waals surface area (Å²) in [6.07, 6.45) is 7.21. The van der Waals surface area contributed by atoms with Crippen LogP contribution in [0.4, 0.5) is 5.82 Å². The van der Waals surface area contributed by atoms with Crippen molar-refractivity contribution in [2.24, 2.45) is 0 Å². The fourth-order valence-electron chi connectivity index (χ4n) is 3.54. The van der Waals surface area contributed by atoms with Crippen molar-refractivity contribution in [3.05, 3.63) is 42.4 Å². The quantitative estimate of drug-likeness (QED) is 0.649. The van der Waals surface area contributed by atoms with Gasteiger partial charge in [-0.3, -0.25) is 4.79 Å². The van der Waals surface area contributed by atoms with Gasteiger partial charge < -0.3 is 10.2 Å². The smallest absolute Gasteiger partial charge is 0.236 e. The topological polar surface area (TPSA) is 99.2 Å². The molecule has 3 aromatic heterocycles. The van der Waals surface area contributed by atoms with Gasteiger partial charge in [0.25, 0.3) is 0 Å². The van der Waals surface area contributed by atoms with E-state index >= 15 is 0 Å². The highest BCUT2D eigenvalue weighted by molar-refractivity contribution is 5.78. The van der Waals surface area contributed by atoms with E-state index in [-0.39, 0.29) is 18.4 Å². The molecule has 170 valence electrons. The Balaban J connectivity index is 0.000000860. The van der Waals surface area contributed by atoms with E-state index in [2.05, 4.69) is 26.4 Å². The number of nitrogens with one attached hydrogen (secondary N) is 1. The number of aryl methyl sites for hydroxylation is 1. The first-order valence-corrected chi connectivity index (χ1v) is 11.3. The summed E-state index contributed by atoms with van der Waals surface area (Å²) in [6, 6.07) is 7.93. The number of likely N-dealkylation sites (tertiary alicyclic amines) is 1. The molecule has 0 saturated carbocycles. The molecule has 1 aliphatic heterocycles. The van der Waals surface area contributed by atoms with Gasteiger partial charge in [-0.2, -0.15) is 10.4 Å². The van der Waals surface area contributed by atoms with E-state index < -0.39 is 0 Å². The molecule has 1 aliphatic rings. The summed E-state index contributed by atoms with van der Waals surface area (Å²) in [7, 11) is 0. The van der Waals surface area contributed by atoms with Crippen LogP contribution in [0.25, 0.3) is 16.9 Å². The lowest BCUT2D eigenvalue weighted by molar-refractivity contribution is -0.131. The number of hydrogen-bond acceptors (Lipinski definition) is 6. The first kappa shape index (κ1) is 24.8. The highest BCUT2D eigenvalue weighted by atomic mass is 16.2. The van der Waals surface area contributed by atoms with Gasteiger partial charge in [0.05, 0.1) is 23.3 Å². The molecule has 1 fully saturated rings. The maximum atomic E-state index is 12.0. The van der Waals surface area contributed by atoms with E-state index in [0.717, 1.165) is 35.3 Å². The normalized spacial score (nSPS) is 15.0. The van der Waals surface area contributed by atoms with E-state index in [0.29, 0.717) is 18.9 Å². The molecule has 1 atom stereocenters. The summed E-state index contributed by atoms with van der Waals surface area (Å²) in [5, 5.41) is 16.5. The minimum atomic E-state index is -0.112. The van der Waals surface area contributed by atoms with Crippen LogP contribution in [0.2, 0.25) is 0 Å². The third kappa shape index (κ3) is 6.03. The molecule has 0 bridgehead atoms. The Morgan fingerprint density at radius 2 is 2.06 bits per heavy atom. The van der Waals surface area contributed by atoms with Gasteiger partial charge in [0, 0.05) is 31.5 Å². The largest absolute Gasteiger partial charge is 0.365 e. The molecular formula is C24H33N7O. The average molecular weight is 436 g/mol. The molecule has 4 rings (SSSR count). The van der Waals surface area contributed by atoms with Crippen molar-refractivity contribution in [2.75, 3.05) is 18.4 Å². The lowest BCUT2D eigenvalue weighted by Crippen LogP contribution is -2.45. The number of rotatable bonds is 4. The maximum absolute atomic E-state index is 12.0. The predicted molar refractivity (Wildman–Crippen MR) is 127 cm³/mol. The van der Waals surface area contributed by atoms with Gasteiger partial charge in [-0.05, 0) is 43.5 Å². The van der Waals surface area contributed by atoms with Crippen LogP contribution in [-0.2, 0) is 4.79 Å². The summed E-state index contributed by atoms with van der Waals surface area (Å²) < 4.78 is 1.81. The lowest BCUT2D eigenvalue weighted by atomic mass is 10.1. The van der Waals surface area contributed by atoms with Gasteiger partial charge in [-0.1, -0.05) is 27.7 Å². The molecule has 32 heavy (non-hydrogen) atoms. The Bertz CT molecular complexity index is 1050. The number of fused-ring (bicyclic) bond motifs is 1. The Morgan fingerprint density at radius 1 is 1.28 bits per heavy atom. The zero-order chi connectivity index (χ0) is 23.5. The maximum Gasteiger partial charge on any atom is 0.236 e. The minimum absolute atomic E-state index is 0.0709. The number of carbonyl (C=O) groups is 1. The number of aromatic nitrogens is 4. The Hall–Kier alpha value is -3.47. The van der Waals surface area contributed by atoms with Crippen LogP contribution in [0.15, 0.2) is 36.8 Å². The Labute approximate surface area is 190 Å². The fraction of sp³-hybridized carbons (Fsp3) is 0.458. The molecule has 1 amide bonds. The zero-order valence-electron chi connectivity index (χ0n) is 19.7. The van der Waals surface area contributed by atoms with E-state index in [1.54, 1.807) is 17.3 Å². The third-order valence-corrected chi connectivity index (χ3v) is 4.93. The summed E-state index contributed by atoms with van der Waals surface area (Å²) in [5.41, 5.74) is 2.98. The summed E-state index contributed by atoms with van der Waals surface area (Å²) >= 11 is 0. The van der Waals surface area contributed by atoms with Crippen LogP contribution in [0.3, 0.4) is 0 Å². The molecule has 8 heteroatoms. The summed E-state index contributed by atoms with van der Waals surface area (Å²) in [4.78, 5) is 22.8. The molecule has 0 radical (unpaired) electrons. The van der Waals surface area contributed by atoms with Gasteiger partial charge in [0.2, 0.25) is 5.91 Å². The summed E-state index contributed by atoms with van der Waals surface area (Å²) in [5.74, 6) is 1.22. The first-order valence-electron chi connectivity index (χ1n) is 11.3. The summed E-state index contributed by atoms with van der Waals surface area (Å²) in [6.45, 7) is 11.3. The molecule has 4 heterocycles. The average Bonchev–Trinajstić information content (AvgIpc) is 3.25. The van der Waals surface area contributed by atoms with Crippen LogP contribution in [0, 0.1) is 18.3 Å². The second-order valence-corrected chi connectivity index (χ2v) is 7.02. The number of nitriles is 1. The standard InChI is InChI=1S/C20H21N7O.2C2H6/c1-14-6-10-27-17(11-14)16(12-23-27)20-22-8-5-18(25-20)24-15-3-2-9-26(13-15)19(28)4-7-21;2*1-2/h5-6,8,10-12,15H,2-4,9,13H2,1H3,(H,22,24,25);2*1-2H3. The molecule has 0 aliphatic carbocycles. The van der Waals surface area contributed by atoms with Gasteiger partial charge in [0.1, 0.15) is 12.2 Å². The fourth-order valence-corrected chi connectivity index (χ4v) is 3.54. The third-order valence-electron chi connectivity index (χ3n) is 4.93. The molecule has 0 spiro atoms. The second kappa shape index (κ2) is 12.4. The van der Waals surface area contributed by atoms with Crippen molar-refractivity contribution in [1.29, 1.82) is 5.26 Å². The van der Waals surface area contributed by atoms with Crippen molar-refractivity contribution in [1.82, 2.24) is 24.5 Å². The van der Waals surface area contributed by atoms with Crippen molar-refractivity contribution < 1.29 is 4.79 Å². The highest BCUT2D eigenvalue weighted by Gasteiger charge is 2.23. The van der Waals surface area contributed by atoms with Crippen LogP contribution in [0.1, 0.15) is 52.5 Å². The van der Waals surface area contributed by atoms with Crippen molar-refractivity contribution >= 4 is 17.2 Å². The predicted octanol–water partition coefficient (Wildman–Crippen LogP) is 4.47. The van der Waals surface area contributed by atoms with Crippen molar-refractivity contribution in [2.45, 2.75) is 59.9 Å². The zero-order valence-corrected chi connectivity index (χ0v) is 19.7. The van der Waals surface area contributed by atoms with Crippen molar-refractivity contribution in [3.63, 3.8) is 0 Å². The molecule has 3 aromatic rings. The molecule has 0 aromatic carbocycles. The molecule has 1 saturated heterocycles. The number of anilines is 1. The number of nitrogens with zero attached hydrogens (tertiary/aromatic N) is 6. The van der Waals surface area contributed by atoms with E-state index in [9.17, 15) is 4.79 Å². The van der Waals surface area contributed by atoms with Gasteiger partial charge in [-0.25, -0.2) is 14.5 Å². The van der Waals surface area contributed by atoms with Crippen molar-refractivity contribution in [3.8, 4) is 17.5 Å². The molecule has 1 unspecified atom stereocenters. The van der Waals surface area contributed by atoms with Crippen LogP contribution in [-0.4, -0.2) is 49.5 Å². The van der Waals surface area contributed by atoms with E-state index in [1.807, 2.05) is 63.5 Å². The van der Waals surface area contributed by atoms with Crippen LogP contribution < -0.4 is 5.32 Å². The number of piperidine rings is 1. The highest BCUT2D eigenvalue weighted by Crippen LogP contribution is 2.23. The van der Waals surface area contributed by atoms with E-state index in [4.69, 9.17) is 5.26 Å². The lowest BCUT2D eigenvalue weighted by Gasteiger charge is -2.33. The van der Waals surface area contributed by atoms with Gasteiger partial charge in [0.15, 0.2) is 5.82 Å². The molecule has 1 N–H and O–H groups in total. The Morgan fingerprint density at radius 3 is 2.81 bits per heavy atom. The number of carbonyl (C=O) groups excluding carboxylic acids is 1.